The van der Waals surface area contributed by atoms with Crippen molar-refractivity contribution in [2.75, 3.05) is 13.1 Å². The smallest absolute Gasteiger partial charge is 0.311 e. The van der Waals surface area contributed by atoms with E-state index < -0.39 is 11.4 Å². The summed E-state index contributed by atoms with van der Waals surface area (Å²) in [5, 5.41) is 9.66. The number of para-hydroxylation sites is 2. The molecule has 1 saturated heterocycles. The maximum Gasteiger partial charge on any atom is 0.311 e. The Hall–Kier alpha value is -2.37. The minimum atomic E-state index is -0.746. The van der Waals surface area contributed by atoms with Crippen molar-refractivity contribution in [2.45, 2.75) is 32.7 Å². The molecule has 6 nitrogen and oxygen atoms in total. The van der Waals surface area contributed by atoms with Gasteiger partial charge in [-0.05, 0) is 37.8 Å². The van der Waals surface area contributed by atoms with Crippen LogP contribution in [0.4, 0.5) is 0 Å². The summed E-state index contributed by atoms with van der Waals surface area (Å²) in [6.45, 7) is 3.02. The Kier molecular flexibility index (Phi) is 3.37. The molecule has 6 heteroatoms. The summed E-state index contributed by atoms with van der Waals surface area (Å²) in [5.41, 5.74) is 1.10. The molecule has 2 atom stereocenters. The van der Waals surface area contributed by atoms with Crippen LogP contribution in [0.15, 0.2) is 24.3 Å². The van der Waals surface area contributed by atoms with Crippen LogP contribution in [-0.4, -0.2) is 44.5 Å². The third-order valence-electron chi connectivity index (χ3n) is 5.79. The molecule has 1 aromatic carbocycles. The van der Waals surface area contributed by atoms with Gasteiger partial charge in [-0.25, -0.2) is 4.98 Å². The summed E-state index contributed by atoms with van der Waals surface area (Å²) < 4.78 is 1.92. The fourth-order valence-electron chi connectivity index (χ4n) is 4.46. The number of fused-ring (bicyclic) bond motifs is 2. The first kappa shape index (κ1) is 15.2. The number of likely N-dealkylation sites (tertiary alicyclic amines) is 1. The Morgan fingerprint density at radius 2 is 2.17 bits per heavy atom. The fraction of sp³-hybridized carbons (Fsp3) is 0.500. The topological polar surface area (TPSA) is 75.4 Å². The van der Waals surface area contributed by atoms with Crippen molar-refractivity contribution in [1.29, 1.82) is 0 Å². The van der Waals surface area contributed by atoms with Gasteiger partial charge in [0.2, 0.25) is 5.91 Å². The molecule has 0 radical (unpaired) electrons. The second kappa shape index (κ2) is 5.33. The van der Waals surface area contributed by atoms with Gasteiger partial charge in [-0.2, -0.15) is 0 Å². The number of imidazole rings is 1. The van der Waals surface area contributed by atoms with E-state index in [0.717, 1.165) is 29.7 Å². The summed E-state index contributed by atoms with van der Waals surface area (Å²) >= 11 is 0. The van der Waals surface area contributed by atoms with Gasteiger partial charge in [0.15, 0.2) is 0 Å². The zero-order chi connectivity index (χ0) is 16.9. The number of carboxylic acid groups (broad SMARTS) is 1. The standard InChI is InChI=1S/C18H21N3O3/c1-12-19-14-6-2-3-7-15(14)21(12)10-16(22)20-9-13-5-4-8-18(13,11-20)17(23)24/h2-3,6-7,13H,4-5,8-11H2,1H3,(H,23,24)/t13-,18+/m0/s1. The number of nitrogens with zero attached hydrogens (tertiary/aromatic N) is 3. The molecule has 2 fully saturated rings. The minimum absolute atomic E-state index is 0.0173. The van der Waals surface area contributed by atoms with Crippen LogP contribution >= 0.6 is 0 Å². The van der Waals surface area contributed by atoms with Gasteiger partial charge >= 0.3 is 5.97 Å². The van der Waals surface area contributed by atoms with Crippen LogP contribution in [0.2, 0.25) is 0 Å². The van der Waals surface area contributed by atoms with E-state index in [1.165, 1.54) is 0 Å². The van der Waals surface area contributed by atoms with Crippen molar-refractivity contribution >= 4 is 22.9 Å². The first-order valence-electron chi connectivity index (χ1n) is 8.44. The van der Waals surface area contributed by atoms with Gasteiger partial charge in [0, 0.05) is 13.1 Å². The lowest BCUT2D eigenvalue weighted by molar-refractivity contribution is -0.149. The molecule has 1 aromatic heterocycles. The quantitative estimate of drug-likeness (QED) is 0.936. The van der Waals surface area contributed by atoms with Crippen molar-refractivity contribution in [3.8, 4) is 0 Å². The van der Waals surface area contributed by atoms with E-state index in [9.17, 15) is 14.7 Å². The Bertz CT molecular complexity index is 828. The molecule has 1 aliphatic heterocycles. The normalized spacial score (nSPS) is 26.0. The van der Waals surface area contributed by atoms with Crippen LogP contribution in [-0.2, 0) is 16.1 Å². The average Bonchev–Trinajstić information content (AvgIpc) is 3.19. The van der Waals surface area contributed by atoms with Gasteiger partial charge in [0.05, 0.1) is 16.4 Å². The van der Waals surface area contributed by atoms with Gasteiger partial charge in [-0.1, -0.05) is 18.6 Å². The maximum absolute atomic E-state index is 12.8. The fourth-order valence-corrected chi connectivity index (χ4v) is 4.46. The van der Waals surface area contributed by atoms with Crippen molar-refractivity contribution < 1.29 is 14.7 Å². The summed E-state index contributed by atoms with van der Waals surface area (Å²) in [6, 6.07) is 7.76. The SMILES string of the molecule is Cc1nc2ccccc2n1CC(=O)N1C[C@@H]2CCC[C@@]2(C(=O)O)C1. The number of carbonyl (C=O) groups is 2. The highest BCUT2D eigenvalue weighted by atomic mass is 16.4. The zero-order valence-electron chi connectivity index (χ0n) is 13.7. The van der Waals surface area contributed by atoms with Crippen LogP contribution in [0.5, 0.6) is 0 Å². The maximum atomic E-state index is 12.8. The monoisotopic (exact) mass is 327 g/mol. The molecular formula is C18H21N3O3. The third-order valence-corrected chi connectivity index (χ3v) is 5.79. The predicted molar refractivity (Wildman–Crippen MR) is 88.5 cm³/mol. The Balaban J connectivity index is 1.57. The lowest BCUT2D eigenvalue weighted by Gasteiger charge is -2.23. The number of aliphatic carboxylic acids is 1. The highest BCUT2D eigenvalue weighted by molar-refractivity contribution is 5.83. The highest BCUT2D eigenvalue weighted by Gasteiger charge is 2.55. The van der Waals surface area contributed by atoms with Gasteiger partial charge < -0.3 is 14.6 Å². The molecule has 2 aliphatic rings. The first-order chi connectivity index (χ1) is 11.5. The molecule has 1 amide bonds. The lowest BCUT2D eigenvalue weighted by Crippen LogP contribution is -2.38. The van der Waals surface area contributed by atoms with E-state index in [1.807, 2.05) is 35.8 Å². The van der Waals surface area contributed by atoms with E-state index >= 15 is 0 Å². The van der Waals surface area contributed by atoms with Crippen molar-refractivity contribution in [1.82, 2.24) is 14.5 Å². The number of benzene rings is 1. The summed E-state index contributed by atoms with van der Waals surface area (Å²) in [6.07, 6.45) is 2.54. The van der Waals surface area contributed by atoms with E-state index in [-0.39, 0.29) is 18.4 Å². The van der Waals surface area contributed by atoms with Crippen molar-refractivity contribution in [3.05, 3.63) is 30.1 Å². The Morgan fingerprint density at radius 1 is 1.38 bits per heavy atom. The summed E-state index contributed by atoms with van der Waals surface area (Å²) in [7, 11) is 0. The van der Waals surface area contributed by atoms with E-state index in [4.69, 9.17) is 0 Å². The highest BCUT2D eigenvalue weighted by Crippen LogP contribution is 2.48. The number of aromatic nitrogens is 2. The first-order valence-corrected chi connectivity index (χ1v) is 8.44. The molecule has 1 N–H and O–H groups in total. The minimum Gasteiger partial charge on any atom is -0.481 e. The van der Waals surface area contributed by atoms with E-state index in [2.05, 4.69) is 4.98 Å². The van der Waals surface area contributed by atoms with Crippen LogP contribution in [0, 0.1) is 18.3 Å². The number of aryl methyl sites for hydroxylation is 1. The molecule has 1 aliphatic carbocycles. The number of hydrogen-bond donors (Lipinski definition) is 1. The Morgan fingerprint density at radius 3 is 2.92 bits per heavy atom. The molecular weight excluding hydrogens is 306 g/mol. The molecule has 0 bridgehead atoms. The van der Waals surface area contributed by atoms with Gasteiger partial charge in [0.1, 0.15) is 12.4 Å². The molecule has 0 unspecified atom stereocenters. The van der Waals surface area contributed by atoms with Crippen LogP contribution in [0.1, 0.15) is 25.1 Å². The van der Waals surface area contributed by atoms with Gasteiger partial charge in [0.25, 0.3) is 0 Å². The van der Waals surface area contributed by atoms with Crippen molar-refractivity contribution in [2.24, 2.45) is 11.3 Å². The van der Waals surface area contributed by atoms with Crippen molar-refractivity contribution in [3.63, 3.8) is 0 Å². The molecule has 0 spiro atoms. The van der Waals surface area contributed by atoms with Crippen LogP contribution in [0.3, 0.4) is 0 Å². The zero-order valence-corrected chi connectivity index (χ0v) is 13.7. The lowest BCUT2D eigenvalue weighted by atomic mass is 9.81. The average molecular weight is 327 g/mol. The molecule has 126 valence electrons. The molecule has 2 aromatic rings. The number of carboxylic acids is 1. The summed E-state index contributed by atoms with van der Waals surface area (Å²) in [5.74, 6) is 0.136. The van der Waals surface area contributed by atoms with Crippen LogP contribution < -0.4 is 0 Å². The van der Waals surface area contributed by atoms with Gasteiger partial charge in [-0.3, -0.25) is 9.59 Å². The number of amides is 1. The second-order valence-electron chi connectivity index (χ2n) is 7.06. The molecule has 24 heavy (non-hydrogen) atoms. The van der Waals surface area contributed by atoms with Gasteiger partial charge in [-0.15, -0.1) is 0 Å². The van der Waals surface area contributed by atoms with E-state index in [1.54, 1.807) is 4.90 Å². The van der Waals surface area contributed by atoms with Crippen LogP contribution in [0.25, 0.3) is 11.0 Å². The molecule has 1 saturated carbocycles. The second-order valence-corrected chi connectivity index (χ2v) is 7.06. The Labute approximate surface area is 140 Å². The number of hydrogen-bond acceptors (Lipinski definition) is 3. The predicted octanol–water partition coefficient (Wildman–Crippen LogP) is 2.06. The molecule has 2 heterocycles. The molecule has 4 rings (SSSR count). The summed E-state index contributed by atoms with van der Waals surface area (Å²) in [4.78, 5) is 30.8. The third kappa shape index (κ3) is 2.12. The largest absolute Gasteiger partial charge is 0.481 e. The van der Waals surface area contributed by atoms with E-state index in [0.29, 0.717) is 19.5 Å². The number of rotatable bonds is 3. The number of carbonyl (C=O) groups excluding carboxylic acids is 1.